The molecule has 2 nitrogen and oxygen atoms in total. The fourth-order valence-electron chi connectivity index (χ4n) is 2.52. The summed E-state index contributed by atoms with van der Waals surface area (Å²) in [5, 5.41) is 3.64. The van der Waals surface area contributed by atoms with Crippen molar-refractivity contribution in [1.29, 1.82) is 0 Å². The molecule has 1 N–H and O–H groups in total. The van der Waals surface area contributed by atoms with Crippen molar-refractivity contribution >= 4 is 11.6 Å². The number of para-hydroxylation sites is 1. The largest absolute Gasteiger partial charge is 0.493 e. The topological polar surface area (TPSA) is 21.3 Å². The number of hydrogen-bond acceptors (Lipinski definition) is 2. The van der Waals surface area contributed by atoms with Gasteiger partial charge in [0.2, 0.25) is 0 Å². The summed E-state index contributed by atoms with van der Waals surface area (Å²) in [4.78, 5) is 0. The lowest BCUT2D eigenvalue weighted by molar-refractivity contribution is 0.261. The van der Waals surface area contributed by atoms with Gasteiger partial charge < -0.3 is 10.1 Å². The molecule has 0 fully saturated rings. The Kier molecular flexibility index (Phi) is 5.33. The number of halogens is 1. The van der Waals surface area contributed by atoms with E-state index in [0.29, 0.717) is 12.0 Å². The fraction of sp³-hybridized carbons (Fsp3) is 0.600. The lowest BCUT2D eigenvalue weighted by atomic mass is 9.92. The van der Waals surface area contributed by atoms with Crippen LogP contribution in [-0.4, -0.2) is 25.1 Å². The van der Waals surface area contributed by atoms with Gasteiger partial charge >= 0.3 is 0 Å². The van der Waals surface area contributed by atoms with Crippen molar-refractivity contribution in [2.75, 3.05) is 19.0 Å². The second-order valence-corrected chi connectivity index (χ2v) is 5.24. The Morgan fingerprint density at radius 1 is 1.44 bits per heavy atom. The van der Waals surface area contributed by atoms with Gasteiger partial charge in [0.15, 0.2) is 0 Å². The minimum Gasteiger partial charge on any atom is -0.493 e. The van der Waals surface area contributed by atoms with Crippen LogP contribution in [0, 0.1) is 0 Å². The van der Waals surface area contributed by atoms with Crippen LogP contribution in [0.25, 0.3) is 0 Å². The van der Waals surface area contributed by atoms with Crippen LogP contribution < -0.4 is 10.1 Å². The predicted molar refractivity (Wildman–Crippen MR) is 76.7 cm³/mol. The highest BCUT2D eigenvalue weighted by molar-refractivity contribution is 6.17. The Balaban J connectivity index is 1.94. The summed E-state index contributed by atoms with van der Waals surface area (Å²) < 4.78 is 5.69. The molecule has 2 atom stereocenters. The molecular formula is C15H22ClNO. The zero-order chi connectivity index (χ0) is 12.8. The average Bonchev–Trinajstić information content (AvgIpc) is 2.43. The molecule has 0 spiro atoms. The quantitative estimate of drug-likeness (QED) is 0.796. The van der Waals surface area contributed by atoms with Gasteiger partial charge in [-0.2, -0.15) is 0 Å². The molecule has 0 amide bonds. The molecule has 0 bridgehead atoms. The van der Waals surface area contributed by atoms with Crippen molar-refractivity contribution in [3.05, 3.63) is 29.8 Å². The van der Waals surface area contributed by atoms with Gasteiger partial charge in [-0.15, -0.1) is 11.6 Å². The lowest BCUT2D eigenvalue weighted by Gasteiger charge is -2.27. The monoisotopic (exact) mass is 267 g/mol. The number of ether oxygens (including phenoxy) is 1. The number of nitrogens with one attached hydrogen (secondary N) is 1. The number of fused-ring (bicyclic) bond motifs is 1. The van der Waals surface area contributed by atoms with Crippen LogP contribution in [0.4, 0.5) is 0 Å². The SMILES string of the molecule is CCC(CCCl)NCC1CCOc2ccccc21. The van der Waals surface area contributed by atoms with Gasteiger partial charge in [0.25, 0.3) is 0 Å². The number of alkyl halides is 1. The van der Waals surface area contributed by atoms with Crippen LogP contribution in [0.3, 0.4) is 0 Å². The third kappa shape index (κ3) is 3.39. The van der Waals surface area contributed by atoms with Crippen molar-refractivity contribution in [2.45, 2.75) is 38.1 Å². The molecule has 1 aromatic rings. The van der Waals surface area contributed by atoms with E-state index in [1.54, 1.807) is 0 Å². The van der Waals surface area contributed by atoms with Gasteiger partial charge in [0, 0.05) is 24.4 Å². The lowest BCUT2D eigenvalue weighted by Crippen LogP contribution is -2.34. The Morgan fingerprint density at radius 3 is 3.06 bits per heavy atom. The van der Waals surface area contributed by atoms with Crippen molar-refractivity contribution in [2.24, 2.45) is 0 Å². The van der Waals surface area contributed by atoms with Gasteiger partial charge in [-0.3, -0.25) is 0 Å². The van der Waals surface area contributed by atoms with Crippen LogP contribution in [0.2, 0.25) is 0 Å². The molecule has 0 radical (unpaired) electrons. The first kappa shape index (κ1) is 13.7. The maximum absolute atomic E-state index is 5.82. The molecule has 1 heterocycles. The second kappa shape index (κ2) is 7.01. The summed E-state index contributed by atoms with van der Waals surface area (Å²) in [5.74, 6) is 2.36. The van der Waals surface area contributed by atoms with Crippen molar-refractivity contribution in [1.82, 2.24) is 5.32 Å². The van der Waals surface area contributed by atoms with Crippen LogP contribution in [-0.2, 0) is 0 Å². The van der Waals surface area contributed by atoms with E-state index in [0.717, 1.165) is 44.0 Å². The van der Waals surface area contributed by atoms with E-state index in [-0.39, 0.29) is 0 Å². The molecular weight excluding hydrogens is 246 g/mol. The smallest absolute Gasteiger partial charge is 0.122 e. The number of benzene rings is 1. The maximum Gasteiger partial charge on any atom is 0.122 e. The first-order valence-electron chi connectivity index (χ1n) is 6.86. The number of rotatable bonds is 6. The Labute approximate surface area is 115 Å². The zero-order valence-corrected chi connectivity index (χ0v) is 11.7. The Morgan fingerprint density at radius 2 is 2.28 bits per heavy atom. The molecule has 0 saturated heterocycles. The van der Waals surface area contributed by atoms with E-state index >= 15 is 0 Å². The zero-order valence-electron chi connectivity index (χ0n) is 11.0. The first-order chi connectivity index (χ1) is 8.85. The minimum atomic E-state index is 0.539. The summed E-state index contributed by atoms with van der Waals surface area (Å²) in [6.07, 6.45) is 3.28. The van der Waals surface area contributed by atoms with Gasteiger partial charge in [-0.1, -0.05) is 25.1 Å². The standard InChI is InChI=1S/C15H22ClNO/c1-2-13(7-9-16)17-11-12-8-10-18-15-6-4-3-5-14(12)15/h3-6,12-13,17H,2,7-11H2,1H3. The second-order valence-electron chi connectivity index (χ2n) is 4.86. The van der Waals surface area contributed by atoms with Crippen molar-refractivity contribution in [3.8, 4) is 5.75 Å². The molecule has 0 aliphatic carbocycles. The third-order valence-electron chi connectivity index (χ3n) is 3.69. The van der Waals surface area contributed by atoms with E-state index in [4.69, 9.17) is 16.3 Å². The maximum atomic E-state index is 5.82. The summed E-state index contributed by atoms with van der Waals surface area (Å²) >= 11 is 5.82. The van der Waals surface area contributed by atoms with E-state index in [1.165, 1.54) is 5.56 Å². The predicted octanol–water partition coefficient (Wildman–Crippen LogP) is 3.55. The summed E-state index contributed by atoms with van der Waals surface area (Å²) in [7, 11) is 0. The van der Waals surface area contributed by atoms with Crippen LogP contribution in [0.1, 0.15) is 37.7 Å². The highest BCUT2D eigenvalue weighted by Crippen LogP contribution is 2.32. The molecule has 0 saturated carbocycles. The van der Waals surface area contributed by atoms with E-state index in [2.05, 4.69) is 30.4 Å². The average molecular weight is 268 g/mol. The van der Waals surface area contributed by atoms with Crippen molar-refractivity contribution < 1.29 is 4.74 Å². The molecule has 1 aromatic carbocycles. The molecule has 18 heavy (non-hydrogen) atoms. The van der Waals surface area contributed by atoms with E-state index in [9.17, 15) is 0 Å². The summed E-state index contributed by atoms with van der Waals surface area (Å²) in [5.41, 5.74) is 1.34. The van der Waals surface area contributed by atoms with Crippen LogP contribution in [0.5, 0.6) is 5.75 Å². The van der Waals surface area contributed by atoms with Crippen molar-refractivity contribution in [3.63, 3.8) is 0 Å². The molecule has 1 aliphatic heterocycles. The van der Waals surface area contributed by atoms with E-state index in [1.807, 2.05) is 6.07 Å². The van der Waals surface area contributed by atoms with Crippen LogP contribution >= 0.6 is 11.6 Å². The summed E-state index contributed by atoms with van der Waals surface area (Å²) in [6, 6.07) is 8.92. The highest BCUT2D eigenvalue weighted by Gasteiger charge is 2.21. The van der Waals surface area contributed by atoms with E-state index < -0.39 is 0 Å². The van der Waals surface area contributed by atoms with Gasteiger partial charge in [0.05, 0.1) is 6.61 Å². The minimum absolute atomic E-state index is 0.539. The highest BCUT2D eigenvalue weighted by atomic mass is 35.5. The molecule has 100 valence electrons. The Bertz CT molecular complexity index is 369. The molecule has 2 rings (SSSR count). The van der Waals surface area contributed by atoms with Gasteiger partial charge in [0.1, 0.15) is 5.75 Å². The van der Waals surface area contributed by atoms with Gasteiger partial charge in [-0.05, 0) is 30.9 Å². The molecule has 2 unspecified atom stereocenters. The normalized spacial score (nSPS) is 20.0. The van der Waals surface area contributed by atoms with Gasteiger partial charge in [-0.25, -0.2) is 0 Å². The van der Waals surface area contributed by atoms with Crippen LogP contribution in [0.15, 0.2) is 24.3 Å². The molecule has 0 aromatic heterocycles. The fourth-order valence-corrected chi connectivity index (χ4v) is 2.78. The third-order valence-corrected chi connectivity index (χ3v) is 3.90. The summed E-state index contributed by atoms with van der Waals surface area (Å²) in [6.45, 7) is 4.06. The number of hydrogen-bond donors (Lipinski definition) is 1. The molecule has 1 aliphatic rings. The molecule has 3 heteroatoms. The first-order valence-corrected chi connectivity index (χ1v) is 7.39. The Hall–Kier alpha value is -0.730.